The van der Waals surface area contributed by atoms with Gasteiger partial charge in [0.15, 0.2) is 5.41 Å². The van der Waals surface area contributed by atoms with E-state index < -0.39 is 17.4 Å². The summed E-state index contributed by atoms with van der Waals surface area (Å²) in [5.74, 6) is -1.13. The molecule has 1 aromatic rings. The van der Waals surface area contributed by atoms with Crippen molar-refractivity contribution in [3.8, 4) is 0 Å². The zero-order valence-electron chi connectivity index (χ0n) is 14.8. The van der Waals surface area contributed by atoms with Gasteiger partial charge in [-0.25, -0.2) is 0 Å². The lowest BCUT2D eigenvalue weighted by atomic mass is 9.96. The van der Waals surface area contributed by atoms with Crippen LogP contribution in [-0.4, -0.2) is 26.2 Å². The van der Waals surface area contributed by atoms with Crippen molar-refractivity contribution in [3.63, 3.8) is 0 Å². The van der Waals surface area contributed by atoms with Gasteiger partial charge in [-0.15, -0.1) is 5.73 Å². The Morgan fingerprint density at radius 1 is 1.28 bits per heavy atom. The lowest BCUT2D eigenvalue weighted by Gasteiger charge is -2.13. The highest BCUT2D eigenvalue weighted by atomic mass is 79.9. The largest absolute Gasteiger partial charge is 0.468 e. The topological polar surface area (TPSA) is 52.6 Å². The Hall–Kier alpha value is -1.84. The number of methoxy groups -OCH3 is 2. The van der Waals surface area contributed by atoms with Gasteiger partial charge in [-0.05, 0) is 58.3 Å². The molecule has 0 amide bonds. The molecule has 0 heterocycles. The van der Waals surface area contributed by atoms with E-state index in [4.69, 9.17) is 9.47 Å². The zero-order valence-corrected chi connectivity index (χ0v) is 16.4. The standard InChI is InChI=1S/C20H23BrO4/c1-4-7-17(21)11-10-14-8-5-6-9-15(14)12-16-13-20(16,18(22)24-2)19(23)25-3/h5-6,8-10,16H,4,7,12-13H2,1-3H3. The summed E-state index contributed by atoms with van der Waals surface area (Å²) >= 11 is 3.51. The van der Waals surface area contributed by atoms with Gasteiger partial charge in [0.1, 0.15) is 0 Å². The van der Waals surface area contributed by atoms with Gasteiger partial charge >= 0.3 is 11.9 Å². The Labute approximate surface area is 157 Å². The van der Waals surface area contributed by atoms with Crippen LogP contribution >= 0.6 is 15.9 Å². The number of carbonyl (C=O) groups excluding carboxylic acids is 2. The molecule has 0 N–H and O–H groups in total. The van der Waals surface area contributed by atoms with Gasteiger partial charge < -0.3 is 9.47 Å². The van der Waals surface area contributed by atoms with Crippen molar-refractivity contribution in [1.82, 2.24) is 0 Å². The van der Waals surface area contributed by atoms with Crippen LogP contribution in [0.4, 0.5) is 0 Å². The number of rotatable bonds is 7. The predicted molar refractivity (Wildman–Crippen MR) is 100 cm³/mol. The summed E-state index contributed by atoms with van der Waals surface area (Å²) in [4.78, 5) is 24.2. The Balaban J connectivity index is 2.24. The van der Waals surface area contributed by atoms with Crippen LogP contribution in [0.5, 0.6) is 0 Å². The molecule has 25 heavy (non-hydrogen) atoms. The van der Waals surface area contributed by atoms with Crippen LogP contribution in [0, 0.1) is 11.3 Å². The van der Waals surface area contributed by atoms with Gasteiger partial charge in [0.2, 0.25) is 0 Å². The van der Waals surface area contributed by atoms with Gasteiger partial charge in [-0.3, -0.25) is 9.59 Å². The van der Waals surface area contributed by atoms with E-state index >= 15 is 0 Å². The third-order valence-corrected chi connectivity index (χ3v) is 5.21. The highest BCUT2D eigenvalue weighted by Crippen LogP contribution is 2.56. The number of ether oxygens (including phenoxy) is 2. The minimum atomic E-state index is -1.15. The molecular weight excluding hydrogens is 384 g/mol. The van der Waals surface area contributed by atoms with Gasteiger partial charge in [0.05, 0.1) is 14.2 Å². The average molecular weight is 407 g/mol. The van der Waals surface area contributed by atoms with Gasteiger partial charge in [-0.1, -0.05) is 37.6 Å². The van der Waals surface area contributed by atoms with Crippen molar-refractivity contribution in [2.75, 3.05) is 14.2 Å². The smallest absolute Gasteiger partial charge is 0.323 e. The summed E-state index contributed by atoms with van der Waals surface area (Å²) in [6.45, 7) is 2.11. The van der Waals surface area contributed by atoms with Crippen LogP contribution < -0.4 is 0 Å². The van der Waals surface area contributed by atoms with Crippen LogP contribution in [0.2, 0.25) is 0 Å². The molecule has 0 bridgehead atoms. The molecular formula is C20H23BrO4. The first-order valence-electron chi connectivity index (χ1n) is 8.35. The number of hydrogen-bond donors (Lipinski definition) is 0. The lowest BCUT2D eigenvalue weighted by Crippen LogP contribution is -2.30. The van der Waals surface area contributed by atoms with Crippen molar-refractivity contribution in [3.05, 3.63) is 45.6 Å². The summed E-state index contributed by atoms with van der Waals surface area (Å²) in [7, 11) is 2.60. The van der Waals surface area contributed by atoms with Gasteiger partial charge in [0.25, 0.3) is 0 Å². The highest BCUT2D eigenvalue weighted by molar-refractivity contribution is 9.11. The maximum Gasteiger partial charge on any atom is 0.323 e. The first kappa shape index (κ1) is 19.5. The molecule has 0 aliphatic heterocycles. The third kappa shape index (κ3) is 4.23. The summed E-state index contributed by atoms with van der Waals surface area (Å²) in [6.07, 6.45) is 5.00. The van der Waals surface area contributed by atoms with E-state index in [9.17, 15) is 9.59 Å². The van der Waals surface area contributed by atoms with Crippen LogP contribution in [0.25, 0.3) is 6.08 Å². The number of esters is 2. The molecule has 1 aromatic carbocycles. The number of allylic oxidation sites excluding steroid dienone is 1. The van der Waals surface area contributed by atoms with Crippen molar-refractivity contribution in [1.29, 1.82) is 0 Å². The second-order valence-corrected chi connectivity index (χ2v) is 7.16. The van der Waals surface area contributed by atoms with E-state index in [2.05, 4.69) is 28.6 Å². The molecule has 1 aliphatic carbocycles. The molecule has 1 fully saturated rings. The minimum absolute atomic E-state index is 0.106. The molecule has 1 aliphatic rings. The fourth-order valence-electron chi connectivity index (χ4n) is 3.10. The Bertz CT molecular complexity index is 700. The van der Waals surface area contributed by atoms with E-state index in [1.54, 1.807) is 0 Å². The van der Waals surface area contributed by atoms with Crippen molar-refractivity contribution < 1.29 is 19.1 Å². The maximum absolute atomic E-state index is 12.1. The Morgan fingerprint density at radius 2 is 1.92 bits per heavy atom. The molecule has 2 rings (SSSR count). The molecule has 1 atom stereocenters. The van der Waals surface area contributed by atoms with Crippen molar-refractivity contribution in [2.45, 2.75) is 32.6 Å². The minimum Gasteiger partial charge on any atom is -0.468 e. The summed E-state index contributed by atoms with van der Waals surface area (Å²) in [5, 5.41) is 0. The molecule has 5 heteroatoms. The predicted octanol–water partition coefficient (Wildman–Crippen LogP) is 4.27. The molecule has 134 valence electrons. The van der Waals surface area contributed by atoms with Gasteiger partial charge in [0, 0.05) is 4.48 Å². The van der Waals surface area contributed by atoms with E-state index in [0.29, 0.717) is 12.8 Å². The molecule has 1 saturated carbocycles. The number of hydrogen-bond acceptors (Lipinski definition) is 4. The first-order chi connectivity index (χ1) is 12.0. The normalized spacial score (nSPS) is 17.2. The molecule has 0 radical (unpaired) electrons. The van der Waals surface area contributed by atoms with Crippen molar-refractivity contribution >= 4 is 33.9 Å². The Kier molecular flexibility index (Phi) is 6.63. The van der Waals surface area contributed by atoms with E-state index in [1.807, 2.05) is 30.3 Å². The maximum atomic E-state index is 12.1. The summed E-state index contributed by atoms with van der Waals surface area (Å²) in [5.41, 5.74) is 4.20. The SMILES string of the molecule is CCCC(Br)=C=Cc1ccccc1CC1CC1(C(=O)OC)C(=O)OC. The van der Waals surface area contributed by atoms with Gasteiger partial charge in [-0.2, -0.15) is 0 Å². The molecule has 0 spiro atoms. The fourth-order valence-corrected chi connectivity index (χ4v) is 3.61. The quantitative estimate of drug-likeness (QED) is 0.385. The average Bonchev–Trinajstić information content (AvgIpc) is 3.35. The number of carbonyl (C=O) groups is 2. The Morgan fingerprint density at radius 3 is 2.52 bits per heavy atom. The summed E-state index contributed by atoms with van der Waals surface area (Å²) in [6, 6.07) is 7.94. The second-order valence-electron chi connectivity index (χ2n) is 6.20. The number of halogens is 1. The third-order valence-electron chi connectivity index (χ3n) is 4.58. The monoisotopic (exact) mass is 406 g/mol. The fraction of sp³-hybridized carbons (Fsp3) is 0.450. The second kappa shape index (κ2) is 8.50. The molecule has 4 nitrogen and oxygen atoms in total. The summed E-state index contributed by atoms with van der Waals surface area (Å²) < 4.78 is 10.7. The first-order valence-corrected chi connectivity index (χ1v) is 9.14. The van der Waals surface area contributed by atoms with Crippen LogP contribution in [0.1, 0.15) is 37.3 Å². The zero-order chi connectivity index (χ0) is 18.4. The lowest BCUT2D eigenvalue weighted by molar-refractivity contribution is -0.162. The van der Waals surface area contributed by atoms with Crippen LogP contribution in [0.3, 0.4) is 0 Å². The van der Waals surface area contributed by atoms with E-state index in [0.717, 1.165) is 28.5 Å². The molecule has 0 saturated heterocycles. The highest BCUT2D eigenvalue weighted by Gasteiger charge is 2.67. The van der Waals surface area contributed by atoms with E-state index in [1.165, 1.54) is 14.2 Å². The van der Waals surface area contributed by atoms with E-state index in [-0.39, 0.29) is 5.92 Å². The van der Waals surface area contributed by atoms with Crippen molar-refractivity contribution in [2.24, 2.45) is 11.3 Å². The molecule has 0 aromatic heterocycles. The van der Waals surface area contributed by atoms with Crippen LogP contribution in [-0.2, 0) is 25.5 Å². The number of benzene rings is 1. The molecule has 1 unspecified atom stereocenters. The van der Waals surface area contributed by atoms with Crippen LogP contribution in [0.15, 0.2) is 34.5 Å².